The Morgan fingerprint density at radius 3 is 1.72 bits per heavy atom. The molecule has 0 fully saturated rings. The number of nitrogens with zero attached hydrogens (tertiary/aromatic N) is 1. The second-order valence-electron chi connectivity index (χ2n) is 9.48. The lowest BCUT2D eigenvalue weighted by atomic mass is 9.95. The molecule has 0 amide bonds. The maximum atomic E-state index is 11.1. The Morgan fingerprint density at radius 2 is 1.22 bits per heavy atom. The molecule has 4 aliphatic carbocycles. The van der Waals surface area contributed by atoms with E-state index in [0.717, 1.165) is 16.8 Å². The number of nitro groups is 1. The van der Waals surface area contributed by atoms with E-state index in [0.29, 0.717) is 11.8 Å². The van der Waals surface area contributed by atoms with E-state index in [4.69, 9.17) is 5.73 Å². The molecule has 0 saturated heterocycles. The molecule has 4 atom stereocenters. The van der Waals surface area contributed by atoms with Crippen molar-refractivity contribution in [3.8, 4) is 0 Å². The average molecular weight is 425 g/mol. The van der Waals surface area contributed by atoms with E-state index in [1.54, 1.807) is 17.7 Å². The van der Waals surface area contributed by atoms with Crippen LogP contribution in [-0.4, -0.2) is 4.92 Å². The molecule has 0 heterocycles. The van der Waals surface area contributed by atoms with E-state index in [1.165, 1.54) is 27.8 Å². The fourth-order valence-corrected chi connectivity index (χ4v) is 6.11. The topological polar surface area (TPSA) is 69.2 Å². The van der Waals surface area contributed by atoms with Crippen LogP contribution in [0.4, 0.5) is 11.4 Å². The third-order valence-corrected chi connectivity index (χ3v) is 7.27. The molecule has 4 heteroatoms. The van der Waals surface area contributed by atoms with Crippen molar-refractivity contribution in [3.05, 3.63) is 115 Å². The average Bonchev–Trinajstić information content (AvgIpc) is 3.51. The quantitative estimate of drug-likeness (QED) is 0.231. The Kier molecular flexibility index (Phi) is 4.70. The minimum atomic E-state index is -0.268. The van der Waals surface area contributed by atoms with Crippen molar-refractivity contribution < 1.29 is 4.92 Å². The first kappa shape index (κ1) is 20.5. The summed E-state index contributed by atoms with van der Waals surface area (Å²) < 4.78 is 0. The first-order chi connectivity index (χ1) is 15.3. The van der Waals surface area contributed by atoms with E-state index in [-0.39, 0.29) is 22.4 Å². The molecule has 4 unspecified atom stereocenters. The molecule has 6 rings (SSSR count). The molecule has 4 nitrogen and oxygen atoms in total. The van der Waals surface area contributed by atoms with Gasteiger partial charge in [0.25, 0.3) is 5.69 Å². The van der Waals surface area contributed by atoms with Gasteiger partial charge < -0.3 is 5.73 Å². The molecular formula is C28H28N2O2. The fraction of sp³-hybridized carbons (Fsp3) is 0.286. The van der Waals surface area contributed by atoms with Crippen LogP contribution < -0.4 is 5.73 Å². The number of allylic oxidation sites excluding steroid dienone is 8. The van der Waals surface area contributed by atoms with Crippen LogP contribution in [0.1, 0.15) is 73.6 Å². The summed E-state index contributed by atoms with van der Waals surface area (Å²) in [7, 11) is 0. The second-order valence-corrected chi connectivity index (χ2v) is 9.48. The minimum absolute atomic E-state index is 0.126. The lowest BCUT2D eigenvalue weighted by molar-refractivity contribution is -0.385. The number of nitro benzene ring substituents is 1. The zero-order valence-corrected chi connectivity index (χ0v) is 18.9. The first-order valence-electron chi connectivity index (χ1n) is 11.2. The van der Waals surface area contributed by atoms with Gasteiger partial charge in [-0.05, 0) is 61.6 Å². The summed E-state index contributed by atoms with van der Waals surface area (Å²) in [6, 6.07) is 11.7. The number of nitrogens with two attached hydrogens (primary N) is 1. The van der Waals surface area contributed by atoms with Crippen molar-refractivity contribution in [2.75, 3.05) is 5.73 Å². The number of hydrogen-bond donors (Lipinski definition) is 1. The highest BCUT2D eigenvalue weighted by molar-refractivity contribution is 5.69. The van der Waals surface area contributed by atoms with E-state index < -0.39 is 0 Å². The Bertz CT molecular complexity index is 1270. The molecule has 2 N–H and O–H groups in total. The zero-order valence-electron chi connectivity index (χ0n) is 18.9. The van der Waals surface area contributed by atoms with Crippen molar-refractivity contribution >= 4 is 11.4 Å². The van der Waals surface area contributed by atoms with Gasteiger partial charge in [0.2, 0.25) is 0 Å². The summed E-state index contributed by atoms with van der Waals surface area (Å²) in [5.74, 6) is 1.34. The highest BCUT2D eigenvalue weighted by atomic mass is 16.6. The highest BCUT2D eigenvalue weighted by Gasteiger charge is 2.42. The number of nitrogen functional groups attached to an aromatic ring is 1. The van der Waals surface area contributed by atoms with Gasteiger partial charge >= 0.3 is 0 Å². The molecule has 0 spiro atoms. The van der Waals surface area contributed by atoms with Gasteiger partial charge in [0, 0.05) is 41.0 Å². The maximum absolute atomic E-state index is 11.1. The molecule has 0 radical (unpaired) electrons. The standard InChI is InChI=1S/C14H13NO2.C14H15N/c1-8(2)13-10-6-7-11(13)14-9(10)4-3-5-12(14)15(16)17;1-8(2)13-10-6-7-11(13)14-9(10)4-3-5-12(14)15/h3-7,10-11H,1-2H3;3-7,10-11H,15H2,1-2H3. The monoisotopic (exact) mass is 424 g/mol. The maximum Gasteiger partial charge on any atom is 0.273 e. The van der Waals surface area contributed by atoms with Crippen molar-refractivity contribution in [2.24, 2.45) is 0 Å². The van der Waals surface area contributed by atoms with Crippen molar-refractivity contribution in [2.45, 2.75) is 51.4 Å². The van der Waals surface area contributed by atoms with Crippen LogP contribution in [-0.2, 0) is 0 Å². The zero-order chi connectivity index (χ0) is 22.7. The van der Waals surface area contributed by atoms with Gasteiger partial charge in [-0.15, -0.1) is 0 Å². The number of anilines is 1. The molecule has 162 valence electrons. The molecule has 32 heavy (non-hydrogen) atoms. The van der Waals surface area contributed by atoms with Crippen LogP contribution in [0.15, 0.2) is 83.0 Å². The van der Waals surface area contributed by atoms with Gasteiger partial charge in [-0.1, -0.05) is 59.7 Å². The molecular weight excluding hydrogens is 396 g/mol. The second kappa shape index (κ2) is 7.33. The molecule has 4 bridgehead atoms. The Balaban J connectivity index is 0.000000136. The van der Waals surface area contributed by atoms with Crippen LogP contribution in [0, 0.1) is 10.1 Å². The van der Waals surface area contributed by atoms with Crippen molar-refractivity contribution in [1.29, 1.82) is 0 Å². The van der Waals surface area contributed by atoms with Gasteiger partial charge in [-0.25, -0.2) is 0 Å². The Hall–Kier alpha value is -3.40. The Labute approximate surface area is 189 Å². The summed E-state index contributed by atoms with van der Waals surface area (Å²) >= 11 is 0. The summed E-state index contributed by atoms with van der Waals surface area (Å²) in [4.78, 5) is 10.8. The van der Waals surface area contributed by atoms with Crippen LogP contribution in [0.3, 0.4) is 0 Å². The first-order valence-corrected chi connectivity index (χ1v) is 11.2. The number of rotatable bonds is 1. The smallest absolute Gasteiger partial charge is 0.273 e. The van der Waals surface area contributed by atoms with Gasteiger partial charge in [0.15, 0.2) is 0 Å². The van der Waals surface area contributed by atoms with Gasteiger partial charge in [0.05, 0.1) is 4.92 Å². The molecule has 4 aliphatic rings. The summed E-state index contributed by atoms with van der Waals surface area (Å²) in [5.41, 5.74) is 17.6. The predicted molar refractivity (Wildman–Crippen MR) is 130 cm³/mol. The third-order valence-electron chi connectivity index (χ3n) is 7.27. The molecule has 2 aromatic rings. The third kappa shape index (κ3) is 2.82. The van der Waals surface area contributed by atoms with Crippen molar-refractivity contribution in [3.63, 3.8) is 0 Å². The normalized spacial score (nSPS) is 24.9. The molecule has 2 aromatic carbocycles. The summed E-state index contributed by atoms with van der Waals surface area (Å²) in [6.45, 7) is 8.56. The number of hydrogen-bond acceptors (Lipinski definition) is 3. The van der Waals surface area contributed by atoms with E-state index in [1.807, 2.05) is 12.1 Å². The van der Waals surface area contributed by atoms with Gasteiger partial charge in [-0.2, -0.15) is 0 Å². The van der Waals surface area contributed by atoms with Crippen molar-refractivity contribution in [1.82, 2.24) is 0 Å². The SMILES string of the molecule is CC(C)=C1C2C=CC1c1c(N)cccc12.CC(C)=C1C2C=CC1c1c2cccc1[N+](=O)[O-]. The van der Waals surface area contributed by atoms with E-state index in [2.05, 4.69) is 64.1 Å². The fourth-order valence-electron chi connectivity index (χ4n) is 6.11. The molecule has 0 aromatic heterocycles. The number of benzene rings is 2. The van der Waals surface area contributed by atoms with Crippen LogP contribution in [0.2, 0.25) is 0 Å². The lowest BCUT2D eigenvalue weighted by Gasteiger charge is -2.11. The Morgan fingerprint density at radius 1 is 0.750 bits per heavy atom. The highest BCUT2D eigenvalue weighted by Crippen LogP contribution is 2.56. The van der Waals surface area contributed by atoms with E-state index >= 15 is 0 Å². The molecule has 0 aliphatic heterocycles. The van der Waals surface area contributed by atoms with E-state index in [9.17, 15) is 10.1 Å². The van der Waals surface area contributed by atoms with Gasteiger partial charge in [0.1, 0.15) is 0 Å². The van der Waals surface area contributed by atoms with Crippen LogP contribution >= 0.6 is 0 Å². The van der Waals surface area contributed by atoms with Crippen LogP contribution in [0.5, 0.6) is 0 Å². The predicted octanol–water partition coefficient (Wildman–Crippen LogP) is 7.04. The minimum Gasteiger partial charge on any atom is -0.398 e. The number of fused-ring (bicyclic) bond motifs is 10. The largest absolute Gasteiger partial charge is 0.398 e. The van der Waals surface area contributed by atoms with Crippen LogP contribution in [0.25, 0.3) is 0 Å². The lowest BCUT2D eigenvalue weighted by Crippen LogP contribution is -1.99. The summed E-state index contributed by atoms with van der Waals surface area (Å²) in [6.07, 6.45) is 8.88. The summed E-state index contributed by atoms with van der Waals surface area (Å²) in [5, 5.41) is 11.1. The van der Waals surface area contributed by atoms with Gasteiger partial charge in [-0.3, -0.25) is 10.1 Å². The molecule has 0 saturated carbocycles.